The van der Waals surface area contributed by atoms with Gasteiger partial charge < -0.3 is 5.32 Å². The topological polar surface area (TPSA) is 12.0 Å². The highest BCUT2D eigenvalue weighted by atomic mass is 35.5. The summed E-state index contributed by atoms with van der Waals surface area (Å²) in [6.07, 6.45) is 1.36. The molecule has 0 unspecified atom stereocenters. The van der Waals surface area contributed by atoms with Crippen LogP contribution in [-0.2, 0) is 0 Å². The molecule has 0 radical (unpaired) electrons. The van der Waals surface area contributed by atoms with Crippen LogP contribution in [0.3, 0.4) is 0 Å². The van der Waals surface area contributed by atoms with Crippen molar-refractivity contribution in [3.63, 3.8) is 0 Å². The number of fused-ring (bicyclic) bond motifs is 1. The molecule has 1 N–H and O–H groups in total. The molecule has 1 aliphatic carbocycles. The Kier molecular flexibility index (Phi) is 2.03. The van der Waals surface area contributed by atoms with E-state index >= 15 is 0 Å². The van der Waals surface area contributed by atoms with Crippen LogP contribution in [0.1, 0.15) is 17.9 Å². The lowest BCUT2D eigenvalue weighted by Crippen LogP contribution is -2.33. The molecule has 1 saturated heterocycles. The van der Waals surface area contributed by atoms with Gasteiger partial charge in [0.2, 0.25) is 0 Å². The third-order valence-corrected chi connectivity index (χ3v) is 4.02. The molecule has 1 heterocycles. The molecule has 1 nitrogen and oxygen atoms in total. The van der Waals surface area contributed by atoms with Crippen LogP contribution >= 0.6 is 11.6 Å². The first-order chi connectivity index (χ1) is 6.84. The number of halogens is 1. The Balaban J connectivity index is 1.80. The third kappa shape index (κ3) is 1.27. The molecular weight excluding hydrogens is 194 g/mol. The van der Waals surface area contributed by atoms with E-state index in [9.17, 15) is 0 Å². The van der Waals surface area contributed by atoms with Crippen molar-refractivity contribution in [3.05, 3.63) is 34.9 Å². The number of benzene rings is 1. The average Bonchev–Trinajstić information content (AvgIpc) is 2.52. The molecule has 0 bridgehead atoms. The van der Waals surface area contributed by atoms with Gasteiger partial charge >= 0.3 is 0 Å². The van der Waals surface area contributed by atoms with E-state index in [4.69, 9.17) is 11.6 Å². The van der Waals surface area contributed by atoms with Crippen molar-refractivity contribution in [3.8, 4) is 0 Å². The van der Waals surface area contributed by atoms with Crippen LogP contribution in [0.25, 0.3) is 0 Å². The van der Waals surface area contributed by atoms with Crippen LogP contribution in [0.4, 0.5) is 0 Å². The second-order valence-corrected chi connectivity index (χ2v) is 4.91. The number of hydrogen-bond acceptors (Lipinski definition) is 1. The van der Waals surface area contributed by atoms with Crippen molar-refractivity contribution >= 4 is 11.6 Å². The first-order valence-electron chi connectivity index (χ1n) is 5.31. The van der Waals surface area contributed by atoms with Gasteiger partial charge in [0.15, 0.2) is 0 Å². The SMILES string of the molecule is Clc1ccc([C@@H]2C[C@@H]3CNC[C@@H]32)cc1. The fourth-order valence-electron chi connectivity index (χ4n) is 2.88. The van der Waals surface area contributed by atoms with Gasteiger partial charge in [0, 0.05) is 5.02 Å². The summed E-state index contributed by atoms with van der Waals surface area (Å²) in [5, 5.41) is 4.31. The van der Waals surface area contributed by atoms with Crippen LogP contribution in [0.2, 0.25) is 5.02 Å². The van der Waals surface area contributed by atoms with E-state index in [1.54, 1.807) is 0 Å². The molecule has 2 heteroatoms. The Morgan fingerprint density at radius 2 is 1.93 bits per heavy atom. The van der Waals surface area contributed by atoms with Crippen LogP contribution in [-0.4, -0.2) is 13.1 Å². The quantitative estimate of drug-likeness (QED) is 0.747. The predicted octanol–water partition coefficient (Wildman–Crippen LogP) is 2.66. The van der Waals surface area contributed by atoms with Gasteiger partial charge in [0.05, 0.1) is 0 Å². The third-order valence-electron chi connectivity index (χ3n) is 3.76. The predicted molar refractivity (Wildman–Crippen MR) is 58.7 cm³/mol. The summed E-state index contributed by atoms with van der Waals surface area (Å²) in [7, 11) is 0. The highest BCUT2D eigenvalue weighted by molar-refractivity contribution is 6.30. The van der Waals surface area contributed by atoms with Crippen molar-refractivity contribution in [1.82, 2.24) is 5.32 Å². The maximum Gasteiger partial charge on any atom is 0.0406 e. The summed E-state index contributed by atoms with van der Waals surface area (Å²) in [6.45, 7) is 2.44. The fraction of sp³-hybridized carbons (Fsp3) is 0.500. The molecule has 3 rings (SSSR count). The second-order valence-electron chi connectivity index (χ2n) is 4.48. The van der Waals surface area contributed by atoms with Crippen molar-refractivity contribution in [2.45, 2.75) is 12.3 Å². The number of rotatable bonds is 1. The van der Waals surface area contributed by atoms with E-state index in [0.29, 0.717) is 0 Å². The van der Waals surface area contributed by atoms with Gasteiger partial charge in [-0.15, -0.1) is 0 Å². The van der Waals surface area contributed by atoms with Crippen LogP contribution < -0.4 is 5.32 Å². The highest BCUT2D eigenvalue weighted by Gasteiger charge is 2.44. The summed E-state index contributed by atoms with van der Waals surface area (Å²) < 4.78 is 0. The molecule has 3 atom stereocenters. The summed E-state index contributed by atoms with van der Waals surface area (Å²) in [5.74, 6) is 2.61. The van der Waals surface area contributed by atoms with Crippen molar-refractivity contribution in [1.29, 1.82) is 0 Å². The van der Waals surface area contributed by atoms with Crippen LogP contribution in [0.15, 0.2) is 24.3 Å². The smallest absolute Gasteiger partial charge is 0.0406 e. The first-order valence-corrected chi connectivity index (χ1v) is 5.68. The fourth-order valence-corrected chi connectivity index (χ4v) is 3.01. The summed E-state index contributed by atoms with van der Waals surface area (Å²) in [4.78, 5) is 0. The van der Waals surface area contributed by atoms with E-state index in [1.165, 1.54) is 25.1 Å². The van der Waals surface area contributed by atoms with Gasteiger partial charge in [0.25, 0.3) is 0 Å². The van der Waals surface area contributed by atoms with Crippen LogP contribution in [0.5, 0.6) is 0 Å². The Hall–Kier alpha value is -0.530. The minimum atomic E-state index is 0.785. The maximum atomic E-state index is 5.88. The molecule has 0 amide bonds. The molecule has 2 fully saturated rings. The minimum Gasteiger partial charge on any atom is -0.316 e. The summed E-state index contributed by atoms with van der Waals surface area (Å²) in [6, 6.07) is 8.38. The molecule has 0 aromatic heterocycles. The lowest BCUT2D eigenvalue weighted by atomic mass is 9.64. The average molecular weight is 208 g/mol. The van der Waals surface area contributed by atoms with Crippen molar-refractivity contribution in [2.24, 2.45) is 11.8 Å². The monoisotopic (exact) mass is 207 g/mol. The molecule has 1 saturated carbocycles. The van der Waals surface area contributed by atoms with Crippen molar-refractivity contribution < 1.29 is 0 Å². The Morgan fingerprint density at radius 3 is 2.64 bits per heavy atom. The van der Waals surface area contributed by atoms with E-state index < -0.39 is 0 Å². The molecule has 14 heavy (non-hydrogen) atoms. The van der Waals surface area contributed by atoms with Gasteiger partial charge in [0.1, 0.15) is 0 Å². The molecule has 2 aliphatic rings. The molecule has 74 valence electrons. The lowest BCUT2D eigenvalue weighted by molar-refractivity contribution is 0.191. The van der Waals surface area contributed by atoms with Gasteiger partial charge in [-0.3, -0.25) is 0 Å². The molecular formula is C12H14ClN. The number of hydrogen-bond donors (Lipinski definition) is 1. The van der Waals surface area contributed by atoms with Gasteiger partial charge in [-0.05, 0) is 55.0 Å². The number of nitrogens with one attached hydrogen (secondary N) is 1. The van der Waals surface area contributed by atoms with E-state index in [0.717, 1.165) is 22.8 Å². The Morgan fingerprint density at radius 1 is 1.14 bits per heavy atom. The standard InChI is InChI=1S/C12H14ClN/c13-10-3-1-8(2-4-10)11-5-9-6-14-7-12(9)11/h1-4,9,11-12,14H,5-7H2/t9-,11+,12+/m1/s1. The summed E-state index contributed by atoms with van der Waals surface area (Å²) >= 11 is 5.88. The lowest BCUT2D eigenvalue weighted by Gasteiger charge is -2.40. The largest absolute Gasteiger partial charge is 0.316 e. The van der Waals surface area contributed by atoms with Gasteiger partial charge in [-0.2, -0.15) is 0 Å². The zero-order valence-corrected chi connectivity index (χ0v) is 8.80. The summed E-state index contributed by atoms with van der Waals surface area (Å²) in [5.41, 5.74) is 1.47. The maximum absolute atomic E-state index is 5.88. The van der Waals surface area contributed by atoms with Gasteiger partial charge in [-0.25, -0.2) is 0 Å². The van der Waals surface area contributed by atoms with E-state index in [-0.39, 0.29) is 0 Å². The van der Waals surface area contributed by atoms with E-state index in [1.807, 2.05) is 12.1 Å². The molecule has 1 aromatic rings. The van der Waals surface area contributed by atoms with Crippen LogP contribution in [0, 0.1) is 11.8 Å². The van der Waals surface area contributed by atoms with Crippen molar-refractivity contribution in [2.75, 3.05) is 13.1 Å². The Labute approximate surface area is 89.5 Å². The Bertz CT molecular complexity index is 333. The first kappa shape index (κ1) is 8.75. The zero-order chi connectivity index (χ0) is 9.54. The normalized spacial score (nSPS) is 35.1. The second kappa shape index (κ2) is 3.25. The molecule has 1 aromatic carbocycles. The van der Waals surface area contributed by atoms with E-state index in [2.05, 4.69) is 17.4 Å². The molecule has 1 aliphatic heterocycles. The zero-order valence-electron chi connectivity index (χ0n) is 8.04. The molecule has 0 spiro atoms. The van der Waals surface area contributed by atoms with Gasteiger partial charge in [-0.1, -0.05) is 23.7 Å². The minimum absolute atomic E-state index is 0.785. The highest BCUT2D eigenvalue weighted by Crippen LogP contribution is 2.48.